The lowest BCUT2D eigenvalue weighted by Crippen LogP contribution is -2.39. The van der Waals surface area contributed by atoms with Gasteiger partial charge in [0.1, 0.15) is 5.75 Å². The van der Waals surface area contributed by atoms with E-state index in [-0.39, 0.29) is 6.54 Å². The molecule has 1 aromatic carbocycles. The van der Waals surface area contributed by atoms with Crippen LogP contribution in [0.3, 0.4) is 0 Å². The number of aromatic nitrogens is 5. The normalized spacial score (nSPS) is 11.5. The summed E-state index contributed by atoms with van der Waals surface area (Å²) in [6.45, 7) is 7.65. The zero-order chi connectivity index (χ0) is 21.0. The van der Waals surface area contributed by atoms with Crippen LogP contribution in [0.2, 0.25) is 5.02 Å². The molecule has 0 saturated heterocycles. The van der Waals surface area contributed by atoms with Gasteiger partial charge in [-0.15, -0.1) is 0 Å². The molecule has 0 aliphatic carbocycles. The summed E-state index contributed by atoms with van der Waals surface area (Å²) in [6, 6.07) is 5.40. The zero-order valence-corrected chi connectivity index (χ0v) is 17.3. The first-order chi connectivity index (χ1) is 13.7. The molecule has 3 heterocycles. The van der Waals surface area contributed by atoms with Crippen LogP contribution in [-0.2, 0) is 13.6 Å². The maximum Gasteiger partial charge on any atom is 0.332 e. The molecule has 0 atom stereocenters. The van der Waals surface area contributed by atoms with Crippen LogP contribution in [0.15, 0.2) is 46.1 Å². The van der Waals surface area contributed by atoms with Crippen molar-refractivity contribution in [3.05, 3.63) is 68.1 Å². The monoisotopic (exact) mass is 413 g/mol. The van der Waals surface area contributed by atoms with E-state index in [2.05, 4.69) is 11.6 Å². The van der Waals surface area contributed by atoms with Gasteiger partial charge in [0, 0.05) is 18.9 Å². The van der Waals surface area contributed by atoms with Gasteiger partial charge in [-0.25, -0.2) is 4.79 Å². The van der Waals surface area contributed by atoms with Gasteiger partial charge in [0.05, 0.1) is 24.4 Å². The Balaban J connectivity index is 2.08. The molecular weight excluding hydrogens is 394 g/mol. The number of ether oxygens (including phenoxy) is 1. The second kappa shape index (κ2) is 6.66. The number of nitrogens with zero attached hydrogens (tertiary/aromatic N) is 5. The summed E-state index contributed by atoms with van der Waals surface area (Å²) in [7, 11) is 3.16. The van der Waals surface area contributed by atoms with Gasteiger partial charge >= 0.3 is 5.69 Å². The molecule has 0 bridgehead atoms. The van der Waals surface area contributed by atoms with Crippen LogP contribution in [0.1, 0.15) is 12.6 Å². The summed E-state index contributed by atoms with van der Waals surface area (Å²) < 4.78 is 11.4. The first kappa shape index (κ1) is 19.1. The summed E-state index contributed by atoms with van der Waals surface area (Å²) in [4.78, 5) is 30.4. The van der Waals surface area contributed by atoms with Crippen molar-refractivity contribution in [1.29, 1.82) is 0 Å². The van der Waals surface area contributed by atoms with Gasteiger partial charge < -0.3 is 4.74 Å². The standard InChI is InChI=1S/C20H20ClN5O3/c1-11(2)9-25-18(27)16-17(23(4)20(25)28)22-19-24(16)10-12(3)26(19)13-6-7-15(29-5)14(21)8-13/h6-8,10H,1,9H2,2-5H3. The summed E-state index contributed by atoms with van der Waals surface area (Å²) >= 11 is 6.30. The third-order valence-electron chi connectivity index (χ3n) is 4.85. The van der Waals surface area contributed by atoms with Crippen molar-refractivity contribution in [2.24, 2.45) is 7.05 Å². The van der Waals surface area contributed by atoms with E-state index in [1.54, 1.807) is 37.6 Å². The quantitative estimate of drug-likeness (QED) is 0.482. The highest BCUT2D eigenvalue weighted by molar-refractivity contribution is 6.32. The highest BCUT2D eigenvalue weighted by Gasteiger charge is 2.21. The highest BCUT2D eigenvalue weighted by Crippen LogP contribution is 2.29. The summed E-state index contributed by atoms with van der Waals surface area (Å²) in [5.74, 6) is 1.08. The molecule has 0 spiro atoms. The zero-order valence-electron chi connectivity index (χ0n) is 16.6. The van der Waals surface area contributed by atoms with Crippen molar-refractivity contribution in [2.75, 3.05) is 7.11 Å². The average Bonchev–Trinajstić information content (AvgIpc) is 3.17. The Bertz CT molecular complexity index is 1420. The molecule has 0 unspecified atom stereocenters. The first-order valence-corrected chi connectivity index (χ1v) is 9.30. The van der Waals surface area contributed by atoms with E-state index in [0.29, 0.717) is 33.3 Å². The van der Waals surface area contributed by atoms with Gasteiger partial charge in [-0.05, 0) is 32.0 Å². The maximum absolute atomic E-state index is 13.1. The number of hydrogen-bond donors (Lipinski definition) is 0. The molecule has 150 valence electrons. The van der Waals surface area contributed by atoms with Crippen molar-refractivity contribution in [2.45, 2.75) is 20.4 Å². The summed E-state index contributed by atoms with van der Waals surface area (Å²) in [5.41, 5.74) is 2.17. The van der Waals surface area contributed by atoms with Crippen molar-refractivity contribution >= 4 is 28.5 Å². The lowest BCUT2D eigenvalue weighted by atomic mass is 10.3. The van der Waals surface area contributed by atoms with Crippen LogP contribution in [0, 0.1) is 6.92 Å². The number of aryl methyl sites for hydroxylation is 2. The second-order valence-corrected chi connectivity index (χ2v) is 7.48. The first-order valence-electron chi connectivity index (χ1n) is 8.92. The fourth-order valence-corrected chi connectivity index (χ4v) is 3.79. The second-order valence-electron chi connectivity index (χ2n) is 7.07. The van der Waals surface area contributed by atoms with E-state index >= 15 is 0 Å². The smallest absolute Gasteiger partial charge is 0.332 e. The number of rotatable bonds is 4. The molecule has 0 aliphatic heterocycles. The minimum absolute atomic E-state index is 0.155. The van der Waals surface area contributed by atoms with Crippen molar-refractivity contribution in [3.8, 4) is 11.4 Å². The Morgan fingerprint density at radius 3 is 2.66 bits per heavy atom. The molecule has 29 heavy (non-hydrogen) atoms. The largest absolute Gasteiger partial charge is 0.495 e. The van der Waals surface area contributed by atoms with Crippen LogP contribution in [0.5, 0.6) is 5.75 Å². The summed E-state index contributed by atoms with van der Waals surface area (Å²) in [5, 5.41) is 0.462. The van der Waals surface area contributed by atoms with Crippen molar-refractivity contribution in [3.63, 3.8) is 0 Å². The number of benzene rings is 1. The van der Waals surface area contributed by atoms with Crippen LogP contribution in [0.4, 0.5) is 0 Å². The Hall–Kier alpha value is -3.26. The number of allylic oxidation sites excluding steroid dienone is 1. The number of hydrogen-bond acceptors (Lipinski definition) is 4. The lowest BCUT2D eigenvalue weighted by molar-refractivity contribution is 0.415. The number of halogens is 1. The van der Waals surface area contributed by atoms with Gasteiger partial charge in [-0.2, -0.15) is 4.98 Å². The van der Waals surface area contributed by atoms with E-state index < -0.39 is 11.2 Å². The molecule has 0 fully saturated rings. The van der Waals surface area contributed by atoms with Crippen LogP contribution in [-0.4, -0.2) is 30.2 Å². The molecule has 0 amide bonds. The van der Waals surface area contributed by atoms with E-state index in [9.17, 15) is 9.59 Å². The van der Waals surface area contributed by atoms with Crippen molar-refractivity contribution < 1.29 is 4.74 Å². The van der Waals surface area contributed by atoms with Gasteiger partial charge in [-0.1, -0.05) is 23.8 Å². The molecule has 9 heteroatoms. The molecule has 0 aliphatic rings. The minimum Gasteiger partial charge on any atom is -0.495 e. The molecule has 8 nitrogen and oxygen atoms in total. The van der Waals surface area contributed by atoms with Gasteiger partial charge in [-0.3, -0.25) is 22.9 Å². The third-order valence-corrected chi connectivity index (χ3v) is 5.14. The van der Waals surface area contributed by atoms with Crippen molar-refractivity contribution in [1.82, 2.24) is 23.1 Å². The third kappa shape index (κ3) is 2.79. The number of fused-ring (bicyclic) bond motifs is 3. The fourth-order valence-electron chi connectivity index (χ4n) is 3.53. The lowest BCUT2D eigenvalue weighted by Gasteiger charge is -2.09. The Labute approximate surface area is 170 Å². The van der Waals surface area contributed by atoms with Crippen LogP contribution >= 0.6 is 11.6 Å². The topological polar surface area (TPSA) is 75.5 Å². The van der Waals surface area contributed by atoms with Crippen LogP contribution < -0.4 is 16.0 Å². The minimum atomic E-state index is -0.429. The molecule has 0 N–H and O–H groups in total. The number of methoxy groups -OCH3 is 1. The van der Waals surface area contributed by atoms with Crippen LogP contribution in [0.25, 0.3) is 22.6 Å². The van der Waals surface area contributed by atoms with E-state index in [4.69, 9.17) is 16.3 Å². The molecule has 3 aromatic heterocycles. The molecule has 0 saturated carbocycles. The van der Waals surface area contributed by atoms with E-state index in [1.807, 2.05) is 23.8 Å². The van der Waals surface area contributed by atoms with E-state index in [1.165, 1.54) is 9.13 Å². The molecular formula is C20H20ClN5O3. The average molecular weight is 414 g/mol. The summed E-state index contributed by atoms with van der Waals surface area (Å²) in [6.07, 6.45) is 1.82. The predicted molar refractivity (Wildman–Crippen MR) is 113 cm³/mol. The molecule has 0 radical (unpaired) electrons. The molecule has 4 rings (SSSR count). The Morgan fingerprint density at radius 2 is 2.03 bits per heavy atom. The Kier molecular flexibility index (Phi) is 4.38. The molecule has 4 aromatic rings. The van der Waals surface area contributed by atoms with Gasteiger partial charge in [0.25, 0.3) is 5.56 Å². The van der Waals surface area contributed by atoms with Gasteiger partial charge in [0.2, 0.25) is 5.78 Å². The van der Waals surface area contributed by atoms with Gasteiger partial charge in [0.15, 0.2) is 11.2 Å². The number of imidazole rings is 2. The SMILES string of the molecule is C=C(C)Cn1c(=O)c2c(nc3n(-c4ccc(OC)c(Cl)c4)c(C)cn23)n(C)c1=O. The Morgan fingerprint density at radius 1 is 1.31 bits per heavy atom. The maximum atomic E-state index is 13.1. The van der Waals surface area contributed by atoms with E-state index in [0.717, 1.165) is 11.4 Å². The fraction of sp³-hybridized carbons (Fsp3) is 0.250. The highest BCUT2D eigenvalue weighted by atomic mass is 35.5. The predicted octanol–water partition coefficient (Wildman–Crippen LogP) is 2.69.